The number of rotatable bonds is 9. The van der Waals surface area contributed by atoms with E-state index in [9.17, 15) is 0 Å². The van der Waals surface area contributed by atoms with E-state index < -0.39 is 0 Å². The maximum atomic E-state index is 5.98. The summed E-state index contributed by atoms with van der Waals surface area (Å²) in [5.74, 6) is 2.43. The van der Waals surface area contributed by atoms with Crippen molar-refractivity contribution < 1.29 is 9.47 Å². The first-order valence-corrected chi connectivity index (χ1v) is 9.84. The Hall–Kier alpha value is -1.29. The third-order valence-electron chi connectivity index (χ3n) is 3.39. The van der Waals surface area contributed by atoms with E-state index in [1.54, 1.807) is 30.0 Å². The molecule has 0 aromatic heterocycles. The summed E-state index contributed by atoms with van der Waals surface area (Å²) in [4.78, 5) is 1.19. The molecule has 0 fully saturated rings. The van der Waals surface area contributed by atoms with Crippen molar-refractivity contribution in [1.29, 1.82) is 0 Å². The zero-order valence-electron chi connectivity index (χ0n) is 14.5. The van der Waals surface area contributed by atoms with Gasteiger partial charge in [0.15, 0.2) is 0 Å². The molecule has 0 saturated carbocycles. The predicted octanol–water partition coefficient (Wildman–Crippen LogP) is 6.82. The lowest BCUT2D eigenvalue weighted by molar-refractivity contribution is 0.315. The second-order valence-electron chi connectivity index (χ2n) is 5.68. The third kappa shape index (κ3) is 6.50. The van der Waals surface area contributed by atoms with Crippen molar-refractivity contribution in [2.24, 2.45) is 0 Å². The first-order valence-electron chi connectivity index (χ1n) is 8.10. The number of halogens is 2. The molecule has 0 heterocycles. The van der Waals surface area contributed by atoms with Crippen LogP contribution in [0.4, 0.5) is 0 Å². The fourth-order valence-corrected chi connectivity index (χ4v) is 3.23. The summed E-state index contributed by atoms with van der Waals surface area (Å²) in [5, 5.41) is 1.00. The molecule has 0 aliphatic heterocycles. The molecule has 2 aromatic rings. The molecule has 0 radical (unpaired) electrons. The molecule has 0 aliphatic carbocycles. The topological polar surface area (TPSA) is 18.5 Å². The smallest absolute Gasteiger partial charge is 0.122 e. The molecule has 25 heavy (non-hydrogen) atoms. The van der Waals surface area contributed by atoms with Crippen molar-refractivity contribution in [3.8, 4) is 11.5 Å². The van der Waals surface area contributed by atoms with Crippen LogP contribution in [-0.2, 0) is 0 Å². The number of hydrogen-bond donors (Lipinski definition) is 0. The summed E-state index contributed by atoms with van der Waals surface area (Å²) in [6, 6.07) is 11.5. The number of thioether (sulfide) groups is 1. The van der Waals surface area contributed by atoms with Crippen LogP contribution >= 0.6 is 35.0 Å². The first kappa shape index (κ1) is 20.0. The summed E-state index contributed by atoms with van der Waals surface area (Å²) in [5.41, 5.74) is 2.15. The zero-order valence-corrected chi connectivity index (χ0v) is 16.8. The SMILES string of the molecule is C=C(COc1ccc(Cl)c(Cl)c1)CSc1ccc(OCCC)c(C)c1. The number of benzene rings is 2. The fourth-order valence-electron chi connectivity index (χ4n) is 2.06. The Bertz CT molecular complexity index is 732. The van der Waals surface area contributed by atoms with Crippen molar-refractivity contribution in [2.75, 3.05) is 19.0 Å². The molecule has 0 saturated heterocycles. The monoisotopic (exact) mass is 396 g/mol. The largest absolute Gasteiger partial charge is 0.493 e. The minimum atomic E-state index is 0.446. The van der Waals surface area contributed by atoms with E-state index in [0.29, 0.717) is 22.4 Å². The Morgan fingerprint density at radius 3 is 2.56 bits per heavy atom. The van der Waals surface area contributed by atoms with E-state index in [-0.39, 0.29) is 0 Å². The molecular weight excluding hydrogens is 375 g/mol. The Labute approximate surface area is 164 Å². The van der Waals surface area contributed by atoms with Crippen LogP contribution < -0.4 is 9.47 Å². The van der Waals surface area contributed by atoms with Crippen molar-refractivity contribution in [3.63, 3.8) is 0 Å². The Kier molecular flexibility index (Phi) is 8.01. The maximum absolute atomic E-state index is 5.98. The van der Waals surface area contributed by atoms with E-state index in [1.807, 2.05) is 6.07 Å². The van der Waals surface area contributed by atoms with Crippen LogP contribution in [0.1, 0.15) is 18.9 Å². The van der Waals surface area contributed by atoms with Crippen molar-refractivity contribution >= 4 is 35.0 Å². The molecule has 2 aromatic carbocycles. The summed E-state index contributed by atoms with van der Waals surface area (Å²) in [6.45, 7) is 9.44. The second-order valence-corrected chi connectivity index (χ2v) is 7.54. The van der Waals surface area contributed by atoms with Gasteiger partial charge in [-0.05, 0) is 54.8 Å². The Morgan fingerprint density at radius 1 is 1.08 bits per heavy atom. The van der Waals surface area contributed by atoms with Gasteiger partial charge < -0.3 is 9.47 Å². The highest BCUT2D eigenvalue weighted by molar-refractivity contribution is 7.99. The summed E-state index contributed by atoms with van der Waals surface area (Å²) >= 11 is 13.6. The van der Waals surface area contributed by atoms with E-state index in [0.717, 1.165) is 35.7 Å². The third-order valence-corrected chi connectivity index (χ3v) is 5.26. The molecule has 0 bridgehead atoms. The van der Waals surface area contributed by atoms with Crippen LogP contribution in [0.5, 0.6) is 11.5 Å². The van der Waals surface area contributed by atoms with Gasteiger partial charge in [0.2, 0.25) is 0 Å². The van der Waals surface area contributed by atoms with Gasteiger partial charge in [0.1, 0.15) is 18.1 Å². The minimum absolute atomic E-state index is 0.446. The van der Waals surface area contributed by atoms with Crippen LogP contribution in [0, 0.1) is 6.92 Å². The zero-order chi connectivity index (χ0) is 18.2. The highest BCUT2D eigenvalue weighted by atomic mass is 35.5. The van der Waals surface area contributed by atoms with E-state index in [2.05, 4.69) is 32.6 Å². The lowest BCUT2D eigenvalue weighted by Crippen LogP contribution is -2.02. The molecule has 5 heteroatoms. The second kappa shape index (κ2) is 10.0. The normalized spacial score (nSPS) is 10.6. The standard InChI is InChI=1S/C20H22Cl2O2S/c1-4-9-23-20-8-6-17(10-15(20)3)25-13-14(2)12-24-16-5-7-18(21)19(22)11-16/h5-8,10-11H,2,4,9,12-13H2,1,3H3. The van der Waals surface area contributed by atoms with E-state index >= 15 is 0 Å². The molecule has 2 nitrogen and oxygen atoms in total. The average Bonchev–Trinajstić information content (AvgIpc) is 2.60. The molecule has 0 spiro atoms. The van der Waals surface area contributed by atoms with Crippen LogP contribution in [0.3, 0.4) is 0 Å². The highest BCUT2D eigenvalue weighted by Crippen LogP contribution is 2.28. The van der Waals surface area contributed by atoms with Gasteiger partial charge in [-0.2, -0.15) is 0 Å². The minimum Gasteiger partial charge on any atom is -0.493 e. The average molecular weight is 397 g/mol. The molecule has 134 valence electrons. The van der Waals surface area contributed by atoms with Crippen molar-refractivity contribution in [3.05, 3.63) is 64.2 Å². The molecule has 0 aliphatic rings. The van der Waals surface area contributed by atoms with Crippen LogP contribution in [0.25, 0.3) is 0 Å². The van der Waals surface area contributed by atoms with Gasteiger partial charge in [0, 0.05) is 16.7 Å². The maximum Gasteiger partial charge on any atom is 0.122 e. The molecule has 2 rings (SSSR count). The summed E-state index contributed by atoms with van der Waals surface area (Å²) in [7, 11) is 0. The van der Waals surface area contributed by atoms with Gasteiger partial charge in [0.05, 0.1) is 16.7 Å². The van der Waals surface area contributed by atoms with Crippen LogP contribution in [0.15, 0.2) is 53.4 Å². The quantitative estimate of drug-likeness (QED) is 0.342. The first-order chi connectivity index (χ1) is 12.0. The van der Waals surface area contributed by atoms with Gasteiger partial charge >= 0.3 is 0 Å². The van der Waals surface area contributed by atoms with Crippen molar-refractivity contribution in [1.82, 2.24) is 0 Å². The Balaban J connectivity index is 1.81. The predicted molar refractivity (Wildman–Crippen MR) is 109 cm³/mol. The number of aryl methyl sites for hydroxylation is 1. The molecular formula is C20H22Cl2O2S. The molecule has 0 atom stereocenters. The van der Waals surface area contributed by atoms with Gasteiger partial charge in [-0.25, -0.2) is 0 Å². The number of hydrogen-bond acceptors (Lipinski definition) is 3. The summed E-state index contributed by atoms with van der Waals surface area (Å²) < 4.78 is 11.4. The Morgan fingerprint density at radius 2 is 1.88 bits per heavy atom. The molecule has 0 amide bonds. The van der Waals surface area contributed by atoms with Gasteiger partial charge in [-0.1, -0.05) is 36.7 Å². The lowest BCUT2D eigenvalue weighted by Gasteiger charge is -2.11. The molecule has 0 N–H and O–H groups in total. The van der Waals surface area contributed by atoms with Crippen molar-refractivity contribution in [2.45, 2.75) is 25.2 Å². The van der Waals surface area contributed by atoms with Gasteiger partial charge in [-0.3, -0.25) is 0 Å². The highest BCUT2D eigenvalue weighted by Gasteiger charge is 2.05. The summed E-state index contributed by atoms with van der Waals surface area (Å²) in [6.07, 6.45) is 1.01. The van der Waals surface area contributed by atoms with Crippen LogP contribution in [0.2, 0.25) is 10.0 Å². The molecule has 0 unspecified atom stereocenters. The van der Waals surface area contributed by atoms with E-state index in [4.69, 9.17) is 32.7 Å². The van der Waals surface area contributed by atoms with Crippen LogP contribution in [-0.4, -0.2) is 19.0 Å². The van der Waals surface area contributed by atoms with E-state index in [1.165, 1.54) is 4.90 Å². The van der Waals surface area contributed by atoms with Gasteiger partial charge in [0.25, 0.3) is 0 Å². The fraction of sp³-hybridized carbons (Fsp3) is 0.300. The van der Waals surface area contributed by atoms with Gasteiger partial charge in [-0.15, -0.1) is 11.8 Å². The number of ether oxygens (including phenoxy) is 2. The lowest BCUT2D eigenvalue weighted by atomic mass is 10.2.